The van der Waals surface area contributed by atoms with Gasteiger partial charge in [-0.2, -0.15) is 0 Å². The first-order valence-corrected chi connectivity index (χ1v) is 10.1. The molecule has 4 nitrogen and oxygen atoms in total. The Morgan fingerprint density at radius 1 is 1.15 bits per heavy atom. The fourth-order valence-electron chi connectivity index (χ4n) is 2.67. The summed E-state index contributed by atoms with van der Waals surface area (Å²) in [5.41, 5.74) is 1.71. The van der Waals surface area contributed by atoms with Crippen molar-refractivity contribution in [2.24, 2.45) is 0 Å². The molecule has 1 atom stereocenters. The normalized spacial score (nSPS) is 11.7. The molecule has 0 aliphatic heterocycles. The summed E-state index contributed by atoms with van der Waals surface area (Å²) in [6.07, 6.45) is 1.00. The summed E-state index contributed by atoms with van der Waals surface area (Å²) in [5.74, 6) is -0.286. The number of rotatable bonds is 8. The first kappa shape index (κ1) is 21.5. The standard InChI is InChI=1S/C21H24BrClN2O2/c1-3-12-24-21(27)15(2)25(14-16-8-10-18(22)11-9-16)20(26)13-17-6-4-5-7-19(17)23/h4-11,15H,3,12-14H2,1-2H3,(H,24,27)/t15-/m0/s1. The predicted molar refractivity (Wildman–Crippen MR) is 113 cm³/mol. The van der Waals surface area contributed by atoms with Gasteiger partial charge in [-0.05, 0) is 42.7 Å². The average Bonchev–Trinajstić information content (AvgIpc) is 2.66. The highest BCUT2D eigenvalue weighted by Crippen LogP contribution is 2.19. The molecule has 6 heteroatoms. The number of halogens is 2. The Balaban J connectivity index is 2.21. The Hall–Kier alpha value is -1.85. The Kier molecular flexibility index (Phi) is 8.32. The van der Waals surface area contributed by atoms with E-state index >= 15 is 0 Å². The van der Waals surface area contributed by atoms with Crippen molar-refractivity contribution in [1.29, 1.82) is 0 Å². The van der Waals surface area contributed by atoms with Crippen molar-refractivity contribution in [3.8, 4) is 0 Å². The van der Waals surface area contributed by atoms with Gasteiger partial charge in [-0.3, -0.25) is 9.59 Å². The smallest absolute Gasteiger partial charge is 0.242 e. The van der Waals surface area contributed by atoms with E-state index in [1.807, 2.05) is 49.4 Å². The molecule has 144 valence electrons. The van der Waals surface area contributed by atoms with E-state index in [4.69, 9.17) is 11.6 Å². The Morgan fingerprint density at radius 2 is 1.81 bits per heavy atom. The van der Waals surface area contributed by atoms with E-state index in [-0.39, 0.29) is 18.2 Å². The SMILES string of the molecule is CCCNC(=O)[C@H](C)N(Cc1ccc(Br)cc1)C(=O)Cc1ccccc1Cl. The van der Waals surface area contributed by atoms with Crippen molar-refractivity contribution in [2.75, 3.05) is 6.54 Å². The largest absolute Gasteiger partial charge is 0.354 e. The Morgan fingerprint density at radius 3 is 2.44 bits per heavy atom. The first-order valence-electron chi connectivity index (χ1n) is 8.97. The summed E-state index contributed by atoms with van der Waals surface area (Å²) in [4.78, 5) is 27.1. The number of hydrogen-bond donors (Lipinski definition) is 1. The number of benzene rings is 2. The fraction of sp³-hybridized carbons (Fsp3) is 0.333. The summed E-state index contributed by atoms with van der Waals surface area (Å²) in [6.45, 7) is 4.70. The van der Waals surface area contributed by atoms with Crippen LogP contribution in [0.3, 0.4) is 0 Å². The van der Waals surface area contributed by atoms with Crippen LogP contribution in [0.2, 0.25) is 5.02 Å². The molecule has 27 heavy (non-hydrogen) atoms. The van der Waals surface area contributed by atoms with Gasteiger partial charge in [0.1, 0.15) is 6.04 Å². The molecule has 2 rings (SSSR count). The molecule has 0 bridgehead atoms. The van der Waals surface area contributed by atoms with Crippen LogP contribution < -0.4 is 5.32 Å². The average molecular weight is 452 g/mol. The summed E-state index contributed by atoms with van der Waals surface area (Å²) in [6, 6.07) is 14.4. The van der Waals surface area contributed by atoms with E-state index in [1.165, 1.54) is 0 Å². The Labute approximate surface area is 174 Å². The van der Waals surface area contributed by atoms with Crippen LogP contribution in [0.15, 0.2) is 53.0 Å². The molecule has 0 aliphatic carbocycles. The van der Waals surface area contributed by atoms with Crippen LogP contribution in [0.1, 0.15) is 31.4 Å². The lowest BCUT2D eigenvalue weighted by Gasteiger charge is -2.29. The second kappa shape index (κ2) is 10.5. The minimum Gasteiger partial charge on any atom is -0.354 e. The zero-order valence-electron chi connectivity index (χ0n) is 15.5. The van der Waals surface area contributed by atoms with Gasteiger partial charge in [-0.1, -0.05) is 64.8 Å². The minimum atomic E-state index is -0.574. The van der Waals surface area contributed by atoms with Gasteiger partial charge >= 0.3 is 0 Å². The molecule has 0 aromatic heterocycles. The van der Waals surface area contributed by atoms with Gasteiger partial charge in [0, 0.05) is 22.6 Å². The number of nitrogens with one attached hydrogen (secondary N) is 1. The zero-order chi connectivity index (χ0) is 19.8. The van der Waals surface area contributed by atoms with Gasteiger partial charge in [0.25, 0.3) is 0 Å². The maximum Gasteiger partial charge on any atom is 0.242 e. The van der Waals surface area contributed by atoms with Crippen LogP contribution >= 0.6 is 27.5 Å². The lowest BCUT2D eigenvalue weighted by molar-refractivity contribution is -0.140. The molecule has 2 aromatic carbocycles. The maximum absolute atomic E-state index is 13.0. The topological polar surface area (TPSA) is 49.4 Å². The zero-order valence-corrected chi connectivity index (χ0v) is 17.9. The number of carbonyl (C=O) groups excluding carboxylic acids is 2. The third-order valence-corrected chi connectivity index (χ3v) is 5.18. The van der Waals surface area contributed by atoms with Crippen molar-refractivity contribution >= 4 is 39.3 Å². The Bertz CT molecular complexity index is 780. The van der Waals surface area contributed by atoms with Crippen LogP contribution in [0.4, 0.5) is 0 Å². The summed E-state index contributed by atoms with van der Waals surface area (Å²) >= 11 is 9.62. The maximum atomic E-state index is 13.0. The van der Waals surface area contributed by atoms with Crippen LogP contribution in [-0.4, -0.2) is 29.3 Å². The van der Waals surface area contributed by atoms with Crippen molar-refractivity contribution in [3.63, 3.8) is 0 Å². The molecule has 0 unspecified atom stereocenters. The van der Waals surface area contributed by atoms with Crippen LogP contribution in [-0.2, 0) is 22.6 Å². The third-order valence-electron chi connectivity index (χ3n) is 4.28. The van der Waals surface area contributed by atoms with Crippen molar-refractivity contribution in [2.45, 2.75) is 39.3 Å². The third kappa shape index (κ3) is 6.36. The minimum absolute atomic E-state index is 0.134. The van der Waals surface area contributed by atoms with Crippen molar-refractivity contribution in [1.82, 2.24) is 10.2 Å². The van der Waals surface area contributed by atoms with E-state index in [2.05, 4.69) is 21.2 Å². The molecule has 0 saturated heterocycles. The van der Waals surface area contributed by atoms with Gasteiger partial charge in [-0.25, -0.2) is 0 Å². The second-order valence-electron chi connectivity index (χ2n) is 6.38. The lowest BCUT2D eigenvalue weighted by atomic mass is 10.1. The molecular weight excluding hydrogens is 428 g/mol. The molecule has 1 N–H and O–H groups in total. The van der Waals surface area contributed by atoms with E-state index in [0.29, 0.717) is 18.1 Å². The monoisotopic (exact) mass is 450 g/mol. The van der Waals surface area contributed by atoms with Gasteiger partial charge in [0.2, 0.25) is 11.8 Å². The highest BCUT2D eigenvalue weighted by atomic mass is 79.9. The van der Waals surface area contributed by atoms with E-state index < -0.39 is 6.04 Å². The van der Waals surface area contributed by atoms with E-state index in [9.17, 15) is 9.59 Å². The van der Waals surface area contributed by atoms with E-state index in [1.54, 1.807) is 17.9 Å². The van der Waals surface area contributed by atoms with E-state index in [0.717, 1.165) is 22.0 Å². The second-order valence-corrected chi connectivity index (χ2v) is 7.71. The van der Waals surface area contributed by atoms with Gasteiger partial charge < -0.3 is 10.2 Å². The molecule has 0 aliphatic rings. The molecule has 0 fully saturated rings. The number of carbonyl (C=O) groups is 2. The molecule has 0 spiro atoms. The van der Waals surface area contributed by atoms with Crippen LogP contribution in [0, 0.1) is 0 Å². The van der Waals surface area contributed by atoms with Crippen molar-refractivity contribution < 1.29 is 9.59 Å². The molecular formula is C21H24BrClN2O2. The molecule has 0 saturated carbocycles. The van der Waals surface area contributed by atoms with Gasteiger partial charge in [0.05, 0.1) is 6.42 Å². The van der Waals surface area contributed by atoms with Crippen LogP contribution in [0.25, 0.3) is 0 Å². The summed E-state index contributed by atoms with van der Waals surface area (Å²) in [5, 5.41) is 3.42. The number of nitrogens with zero attached hydrogens (tertiary/aromatic N) is 1. The summed E-state index contributed by atoms with van der Waals surface area (Å²) < 4.78 is 0.967. The first-order chi connectivity index (χ1) is 12.9. The van der Waals surface area contributed by atoms with Crippen molar-refractivity contribution in [3.05, 3.63) is 69.2 Å². The highest BCUT2D eigenvalue weighted by molar-refractivity contribution is 9.10. The van der Waals surface area contributed by atoms with Gasteiger partial charge in [0.15, 0.2) is 0 Å². The van der Waals surface area contributed by atoms with Gasteiger partial charge in [-0.15, -0.1) is 0 Å². The fourth-order valence-corrected chi connectivity index (χ4v) is 3.14. The number of hydrogen-bond acceptors (Lipinski definition) is 2. The number of amides is 2. The highest BCUT2D eigenvalue weighted by Gasteiger charge is 2.26. The quantitative estimate of drug-likeness (QED) is 0.638. The lowest BCUT2D eigenvalue weighted by Crippen LogP contribution is -2.48. The molecule has 2 aromatic rings. The van der Waals surface area contributed by atoms with Crippen LogP contribution in [0.5, 0.6) is 0 Å². The predicted octanol–water partition coefficient (Wildman–Crippen LogP) is 4.59. The molecule has 2 amide bonds. The molecule has 0 radical (unpaired) electrons. The summed E-state index contributed by atoms with van der Waals surface area (Å²) in [7, 11) is 0. The molecule has 0 heterocycles.